The van der Waals surface area contributed by atoms with Crippen molar-refractivity contribution in [3.63, 3.8) is 0 Å². The van der Waals surface area contributed by atoms with Gasteiger partial charge in [-0.3, -0.25) is 4.98 Å². The van der Waals surface area contributed by atoms with Crippen molar-refractivity contribution in [3.05, 3.63) is 56.8 Å². The molecule has 0 radical (unpaired) electrons. The molecule has 0 saturated carbocycles. The van der Waals surface area contributed by atoms with Crippen molar-refractivity contribution in [1.82, 2.24) is 4.98 Å². The molecule has 0 unspecified atom stereocenters. The second kappa shape index (κ2) is 5.37. The van der Waals surface area contributed by atoms with Crippen LogP contribution in [0.2, 0.25) is 9.36 Å². The maximum absolute atomic E-state index is 6.14. The van der Waals surface area contributed by atoms with Crippen molar-refractivity contribution in [2.45, 2.75) is 6.54 Å². The van der Waals surface area contributed by atoms with Gasteiger partial charge in [0, 0.05) is 28.7 Å². The summed E-state index contributed by atoms with van der Waals surface area (Å²) in [7, 11) is 0. The zero-order valence-electron chi connectivity index (χ0n) is 9.86. The molecule has 0 aliphatic rings. The minimum atomic E-state index is 0.667. The van der Waals surface area contributed by atoms with Crippen LogP contribution in [0.3, 0.4) is 0 Å². The number of hydrogen-bond acceptors (Lipinski definition) is 3. The summed E-state index contributed by atoms with van der Waals surface area (Å²) < 4.78 is 0.805. The van der Waals surface area contributed by atoms with Crippen LogP contribution in [0, 0.1) is 0 Å². The van der Waals surface area contributed by atoms with Crippen molar-refractivity contribution < 1.29 is 0 Å². The van der Waals surface area contributed by atoms with Gasteiger partial charge in [-0.2, -0.15) is 0 Å². The molecule has 0 saturated heterocycles. The van der Waals surface area contributed by atoms with E-state index in [1.165, 1.54) is 4.88 Å². The summed E-state index contributed by atoms with van der Waals surface area (Å²) in [5.41, 5.74) is 1.84. The largest absolute Gasteiger partial charge is 0.380 e. The molecule has 0 bridgehead atoms. The maximum atomic E-state index is 6.14. The number of hydrogen-bond donors (Lipinski definition) is 1. The molecule has 2 heterocycles. The summed E-state index contributed by atoms with van der Waals surface area (Å²) in [5, 5.41) is 5.09. The zero-order chi connectivity index (χ0) is 13.2. The minimum absolute atomic E-state index is 0.667. The lowest BCUT2D eigenvalue weighted by Crippen LogP contribution is -1.98. The Morgan fingerprint density at radius 2 is 2.00 bits per heavy atom. The standard InChI is InChI=1S/C14H10Cl2N2S/c15-11-4-5-12(10-2-1-7-17-14(10)11)18-8-9-3-6-13(16)19-9/h1-7,18H,8H2. The minimum Gasteiger partial charge on any atom is -0.380 e. The molecular formula is C14H10Cl2N2S. The number of benzene rings is 1. The first-order valence-corrected chi connectivity index (χ1v) is 7.32. The molecule has 0 spiro atoms. The average Bonchev–Trinajstić information content (AvgIpc) is 2.84. The van der Waals surface area contributed by atoms with Crippen molar-refractivity contribution in [2.24, 2.45) is 0 Å². The molecule has 0 fully saturated rings. The van der Waals surface area contributed by atoms with E-state index >= 15 is 0 Å². The summed E-state index contributed by atoms with van der Waals surface area (Å²) in [4.78, 5) is 5.50. The summed E-state index contributed by atoms with van der Waals surface area (Å²) in [6.07, 6.45) is 1.75. The van der Waals surface area contributed by atoms with Crippen LogP contribution in [0.5, 0.6) is 0 Å². The first-order chi connectivity index (χ1) is 9.24. The molecule has 0 amide bonds. The molecule has 2 aromatic heterocycles. The lowest BCUT2D eigenvalue weighted by molar-refractivity contribution is 1.20. The summed E-state index contributed by atoms with van der Waals surface area (Å²) in [6.45, 7) is 0.739. The van der Waals surface area contributed by atoms with Gasteiger partial charge in [0.2, 0.25) is 0 Å². The summed E-state index contributed by atoms with van der Waals surface area (Å²) in [6, 6.07) is 11.7. The topological polar surface area (TPSA) is 24.9 Å². The van der Waals surface area contributed by atoms with Gasteiger partial charge < -0.3 is 5.32 Å². The van der Waals surface area contributed by atoms with Crippen molar-refractivity contribution in [1.29, 1.82) is 0 Å². The van der Waals surface area contributed by atoms with Crippen LogP contribution in [-0.2, 0) is 6.54 Å². The van der Waals surface area contributed by atoms with E-state index in [-0.39, 0.29) is 0 Å². The highest BCUT2D eigenvalue weighted by molar-refractivity contribution is 7.16. The molecule has 0 atom stereocenters. The number of nitrogens with one attached hydrogen (secondary N) is 1. The van der Waals surface area contributed by atoms with Crippen LogP contribution in [-0.4, -0.2) is 4.98 Å². The number of anilines is 1. The van der Waals surface area contributed by atoms with E-state index in [0.29, 0.717) is 5.02 Å². The Morgan fingerprint density at radius 3 is 2.79 bits per heavy atom. The zero-order valence-corrected chi connectivity index (χ0v) is 12.2. The Labute approximate surface area is 125 Å². The van der Waals surface area contributed by atoms with Crippen LogP contribution in [0.15, 0.2) is 42.6 Å². The lowest BCUT2D eigenvalue weighted by atomic mass is 10.2. The van der Waals surface area contributed by atoms with E-state index < -0.39 is 0 Å². The predicted octanol–water partition coefficient (Wildman–Crippen LogP) is 5.22. The highest BCUT2D eigenvalue weighted by atomic mass is 35.5. The molecule has 5 heteroatoms. The van der Waals surface area contributed by atoms with Gasteiger partial charge in [0.05, 0.1) is 14.9 Å². The monoisotopic (exact) mass is 308 g/mol. The Morgan fingerprint density at radius 1 is 1.11 bits per heavy atom. The quantitative estimate of drug-likeness (QED) is 0.718. The first kappa shape index (κ1) is 12.7. The molecule has 1 aromatic carbocycles. The Kier molecular flexibility index (Phi) is 3.60. The normalized spacial score (nSPS) is 10.8. The molecule has 0 aliphatic carbocycles. The van der Waals surface area contributed by atoms with Crippen molar-refractivity contribution >= 4 is 51.1 Å². The number of pyridine rings is 1. The highest BCUT2D eigenvalue weighted by Crippen LogP contribution is 2.29. The van der Waals surface area contributed by atoms with Gasteiger partial charge in [0.1, 0.15) is 0 Å². The third-order valence-corrected chi connectivity index (χ3v) is 4.34. The average molecular weight is 309 g/mol. The second-order valence-electron chi connectivity index (χ2n) is 4.05. The second-order valence-corrected chi connectivity index (χ2v) is 6.26. The Bertz CT molecular complexity index is 724. The van der Waals surface area contributed by atoms with Crippen LogP contribution >= 0.6 is 34.5 Å². The lowest BCUT2D eigenvalue weighted by Gasteiger charge is -2.09. The van der Waals surface area contributed by atoms with E-state index in [9.17, 15) is 0 Å². The van der Waals surface area contributed by atoms with E-state index in [2.05, 4.69) is 10.3 Å². The van der Waals surface area contributed by atoms with Gasteiger partial charge in [-0.15, -0.1) is 11.3 Å². The number of nitrogens with zero attached hydrogens (tertiary/aromatic N) is 1. The van der Waals surface area contributed by atoms with Gasteiger partial charge in [0.25, 0.3) is 0 Å². The number of aromatic nitrogens is 1. The molecule has 1 N–H and O–H groups in total. The highest BCUT2D eigenvalue weighted by Gasteiger charge is 2.05. The molecule has 19 heavy (non-hydrogen) atoms. The van der Waals surface area contributed by atoms with Crippen molar-refractivity contribution in [3.8, 4) is 0 Å². The van der Waals surface area contributed by atoms with Crippen LogP contribution < -0.4 is 5.32 Å². The third-order valence-electron chi connectivity index (χ3n) is 2.80. The van der Waals surface area contributed by atoms with Gasteiger partial charge >= 0.3 is 0 Å². The molecule has 3 aromatic rings. The van der Waals surface area contributed by atoms with E-state index in [4.69, 9.17) is 23.2 Å². The van der Waals surface area contributed by atoms with Gasteiger partial charge in [0.15, 0.2) is 0 Å². The number of rotatable bonds is 3. The van der Waals surface area contributed by atoms with Crippen LogP contribution in [0.25, 0.3) is 10.9 Å². The molecule has 2 nitrogen and oxygen atoms in total. The molecule has 3 rings (SSSR count). The molecular weight excluding hydrogens is 299 g/mol. The van der Waals surface area contributed by atoms with Gasteiger partial charge in [-0.05, 0) is 36.4 Å². The summed E-state index contributed by atoms with van der Waals surface area (Å²) >= 11 is 13.6. The number of halogens is 2. The van der Waals surface area contributed by atoms with E-state index in [1.54, 1.807) is 17.5 Å². The Balaban J connectivity index is 1.91. The first-order valence-electron chi connectivity index (χ1n) is 5.75. The van der Waals surface area contributed by atoms with Crippen LogP contribution in [0.4, 0.5) is 5.69 Å². The van der Waals surface area contributed by atoms with Gasteiger partial charge in [-0.25, -0.2) is 0 Å². The maximum Gasteiger partial charge on any atom is 0.0931 e. The molecule has 96 valence electrons. The summed E-state index contributed by atoms with van der Waals surface area (Å²) in [5.74, 6) is 0. The van der Waals surface area contributed by atoms with E-state index in [0.717, 1.165) is 27.5 Å². The smallest absolute Gasteiger partial charge is 0.0931 e. The SMILES string of the molecule is Clc1ccc(CNc2ccc(Cl)c3ncccc23)s1. The van der Waals surface area contributed by atoms with Crippen LogP contribution in [0.1, 0.15) is 4.88 Å². The fourth-order valence-corrected chi connectivity index (χ4v) is 3.16. The van der Waals surface area contributed by atoms with E-state index in [1.807, 2.05) is 36.4 Å². The third kappa shape index (κ3) is 2.68. The number of thiophene rings is 1. The fourth-order valence-electron chi connectivity index (χ4n) is 1.92. The van der Waals surface area contributed by atoms with Gasteiger partial charge in [-0.1, -0.05) is 23.2 Å². The number of fused-ring (bicyclic) bond motifs is 1. The predicted molar refractivity (Wildman–Crippen MR) is 83.4 cm³/mol. The molecule has 0 aliphatic heterocycles. The van der Waals surface area contributed by atoms with Crippen molar-refractivity contribution in [2.75, 3.05) is 5.32 Å². The Hall–Kier alpha value is -1.29. The fraction of sp³-hybridized carbons (Fsp3) is 0.0714.